The summed E-state index contributed by atoms with van der Waals surface area (Å²) in [7, 11) is 1.54. The molecule has 6 nitrogen and oxygen atoms in total. The maximum atomic E-state index is 12.2. The third kappa shape index (κ3) is 6.55. The van der Waals surface area contributed by atoms with Gasteiger partial charge in [0.25, 0.3) is 0 Å². The van der Waals surface area contributed by atoms with Crippen LogP contribution in [0.2, 0.25) is 5.15 Å². The fourth-order valence-corrected chi connectivity index (χ4v) is 1.77. The summed E-state index contributed by atoms with van der Waals surface area (Å²) in [4.78, 5) is 29.1. The Morgan fingerprint density at radius 2 is 2.14 bits per heavy atom. The molecule has 0 aromatic carbocycles. The van der Waals surface area contributed by atoms with Crippen LogP contribution in [0.15, 0.2) is 18.3 Å². The van der Waals surface area contributed by atoms with Crippen molar-refractivity contribution in [2.45, 2.75) is 13.3 Å². The van der Waals surface area contributed by atoms with Crippen LogP contribution in [0.25, 0.3) is 0 Å². The molecule has 0 aliphatic heterocycles. The van der Waals surface area contributed by atoms with Crippen molar-refractivity contribution in [2.75, 3.05) is 33.4 Å². The summed E-state index contributed by atoms with van der Waals surface area (Å²) in [6.07, 6.45) is 1.69. The van der Waals surface area contributed by atoms with Crippen molar-refractivity contribution < 1.29 is 19.1 Å². The Labute approximate surface area is 129 Å². The molecule has 1 aromatic rings. The second-order valence-corrected chi connectivity index (χ2v) is 4.67. The van der Waals surface area contributed by atoms with E-state index in [1.165, 1.54) is 12.0 Å². The Hall–Kier alpha value is -1.66. The maximum absolute atomic E-state index is 12.2. The molecule has 116 valence electrons. The summed E-state index contributed by atoms with van der Waals surface area (Å²) in [5.74, 6) is -0.625. The van der Waals surface area contributed by atoms with Crippen molar-refractivity contribution in [3.63, 3.8) is 0 Å². The number of hydrogen-bond acceptors (Lipinski definition) is 5. The van der Waals surface area contributed by atoms with Crippen molar-refractivity contribution in [1.29, 1.82) is 0 Å². The molecule has 1 rings (SSSR count). The zero-order chi connectivity index (χ0) is 15.7. The number of hydrogen-bond donors (Lipinski definition) is 0. The molecule has 1 heterocycles. The summed E-state index contributed by atoms with van der Waals surface area (Å²) in [5, 5.41) is 0.369. The molecule has 0 saturated heterocycles. The lowest BCUT2D eigenvalue weighted by Crippen LogP contribution is -2.39. The number of aromatic nitrogens is 1. The van der Waals surface area contributed by atoms with Crippen molar-refractivity contribution in [3.8, 4) is 0 Å². The van der Waals surface area contributed by atoms with E-state index in [0.717, 1.165) is 5.56 Å². The number of ether oxygens (including phenoxy) is 2. The first-order valence-electron chi connectivity index (χ1n) is 6.59. The number of nitrogens with zero attached hydrogens (tertiary/aromatic N) is 2. The smallest absolute Gasteiger partial charge is 0.325 e. The Morgan fingerprint density at radius 1 is 1.38 bits per heavy atom. The van der Waals surface area contributed by atoms with Gasteiger partial charge in [0.2, 0.25) is 5.91 Å². The maximum Gasteiger partial charge on any atom is 0.325 e. The normalized spacial score (nSPS) is 10.2. The number of amides is 1. The highest BCUT2D eigenvalue weighted by molar-refractivity contribution is 6.29. The lowest BCUT2D eigenvalue weighted by atomic mass is 10.2. The van der Waals surface area contributed by atoms with Gasteiger partial charge in [-0.3, -0.25) is 9.59 Å². The molecule has 0 saturated carbocycles. The average Bonchev–Trinajstić information content (AvgIpc) is 2.46. The zero-order valence-corrected chi connectivity index (χ0v) is 12.9. The standard InChI is InChI=1S/C14H19ClN2O4/c1-3-21-14(19)10-17(6-7-20-2)13(18)8-11-4-5-12(15)16-9-11/h4-5,9H,3,6-8,10H2,1-2H3. The van der Waals surface area contributed by atoms with Crippen molar-refractivity contribution in [1.82, 2.24) is 9.88 Å². The summed E-state index contributed by atoms with van der Waals surface area (Å²) < 4.78 is 9.82. The Kier molecular flexibility index (Phi) is 7.71. The zero-order valence-electron chi connectivity index (χ0n) is 12.2. The van der Waals surface area contributed by atoms with Crippen molar-refractivity contribution in [3.05, 3.63) is 29.0 Å². The van der Waals surface area contributed by atoms with E-state index < -0.39 is 5.97 Å². The number of carbonyl (C=O) groups excluding carboxylic acids is 2. The third-order valence-corrected chi connectivity index (χ3v) is 2.91. The molecule has 0 radical (unpaired) electrons. The Balaban J connectivity index is 2.65. The molecule has 0 unspecified atom stereocenters. The first-order chi connectivity index (χ1) is 10.1. The highest BCUT2D eigenvalue weighted by Gasteiger charge is 2.18. The number of rotatable bonds is 8. The van der Waals surface area contributed by atoms with E-state index in [-0.39, 0.29) is 25.5 Å². The topological polar surface area (TPSA) is 68.7 Å². The van der Waals surface area contributed by atoms with Gasteiger partial charge in [-0.15, -0.1) is 0 Å². The highest BCUT2D eigenvalue weighted by atomic mass is 35.5. The molecule has 0 N–H and O–H groups in total. The van der Waals surface area contributed by atoms with Crippen LogP contribution in [0.3, 0.4) is 0 Å². The Bertz CT molecular complexity index is 465. The molecule has 0 fully saturated rings. The highest BCUT2D eigenvalue weighted by Crippen LogP contribution is 2.07. The average molecular weight is 315 g/mol. The first-order valence-corrected chi connectivity index (χ1v) is 6.97. The van der Waals surface area contributed by atoms with E-state index in [0.29, 0.717) is 18.3 Å². The van der Waals surface area contributed by atoms with Crippen LogP contribution < -0.4 is 0 Å². The monoisotopic (exact) mass is 314 g/mol. The minimum atomic E-state index is -0.434. The van der Waals surface area contributed by atoms with E-state index in [9.17, 15) is 9.59 Å². The second-order valence-electron chi connectivity index (χ2n) is 4.28. The van der Waals surface area contributed by atoms with Gasteiger partial charge >= 0.3 is 5.97 Å². The van der Waals surface area contributed by atoms with Gasteiger partial charge in [0.15, 0.2) is 0 Å². The number of halogens is 1. The number of pyridine rings is 1. The Morgan fingerprint density at radius 3 is 2.71 bits per heavy atom. The molecule has 21 heavy (non-hydrogen) atoms. The van der Waals surface area contributed by atoms with Gasteiger partial charge in [-0.05, 0) is 18.6 Å². The molecular weight excluding hydrogens is 296 g/mol. The van der Waals surface area contributed by atoms with E-state index in [1.54, 1.807) is 25.3 Å². The van der Waals surface area contributed by atoms with Crippen LogP contribution in [0.5, 0.6) is 0 Å². The van der Waals surface area contributed by atoms with Gasteiger partial charge in [-0.1, -0.05) is 17.7 Å². The molecule has 7 heteroatoms. The molecule has 0 bridgehead atoms. The van der Waals surface area contributed by atoms with Gasteiger partial charge < -0.3 is 14.4 Å². The molecule has 1 aromatic heterocycles. The van der Waals surface area contributed by atoms with Crippen LogP contribution in [-0.4, -0.2) is 55.2 Å². The SMILES string of the molecule is CCOC(=O)CN(CCOC)C(=O)Cc1ccc(Cl)nc1. The van der Waals surface area contributed by atoms with Gasteiger partial charge in [0, 0.05) is 19.9 Å². The van der Waals surface area contributed by atoms with Crippen LogP contribution >= 0.6 is 11.6 Å². The van der Waals surface area contributed by atoms with E-state index in [2.05, 4.69) is 4.98 Å². The summed E-state index contributed by atoms with van der Waals surface area (Å²) >= 11 is 5.70. The van der Waals surface area contributed by atoms with Gasteiger partial charge in [0.05, 0.1) is 19.6 Å². The fraction of sp³-hybridized carbons (Fsp3) is 0.500. The fourth-order valence-electron chi connectivity index (χ4n) is 1.65. The lowest BCUT2D eigenvalue weighted by molar-refractivity contribution is -0.149. The van der Waals surface area contributed by atoms with Crippen LogP contribution in [-0.2, 0) is 25.5 Å². The largest absolute Gasteiger partial charge is 0.465 e. The summed E-state index contributed by atoms with van der Waals surface area (Å²) in [6, 6.07) is 3.35. The van der Waals surface area contributed by atoms with Crippen LogP contribution in [0, 0.1) is 0 Å². The van der Waals surface area contributed by atoms with Crippen LogP contribution in [0.1, 0.15) is 12.5 Å². The number of esters is 1. The second kappa shape index (κ2) is 9.31. The predicted octanol–water partition coefficient (Wildman–Crippen LogP) is 1.32. The molecule has 0 aliphatic carbocycles. The molecule has 0 spiro atoms. The molecule has 0 aliphatic rings. The number of carbonyl (C=O) groups is 2. The first kappa shape index (κ1) is 17.4. The lowest BCUT2D eigenvalue weighted by Gasteiger charge is -2.21. The third-order valence-electron chi connectivity index (χ3n) is 2.69. The van der Waals surface area contributed by atoms with Crippen molar-refractivity contribution in [2.24, 2.45) is 0 Å². The molecule has 0 atom stereocenters. The predicted molar refractivity (Wildman–Crippen MR) is 78.0 cm³/mol. The quantitative estimate of drug-likeness (QED) is 0.534. The molecular formula is C14H19ClN2O4. The summed E-state index contributed by atoms with van der Waals surface area (Å²) in [5.41, 5.74) is 0.732. The van der Waals surface area contributed by atoms with E-state index >= 15 is 0 Å². The summed E-state index contributed by atoms with van der Waals surface area (Å²) in [6.45, 7) is 2.60. The van der Waals surface area contributed by atoms with Crippen LogP contribution in [0.4, 0.5) is 0 Å². The minimum absolute atomic E-state index is 0.0863. The van der Waals surface area contributed by atoms with Gasteiger partial charge in [-0.2, -0.15) is 0 Å². The minimum Gasteiger partial charge on any atom is -0.465 e. The molecule has 1 amide bonds. The van der Waals surface area contributed by atoms with Gasteiger partial charge in [0.1, 0.15) is 11.7 Å². The van der Waals surface area contributed by atoms with Gasteiger partial charge in [-0.25, -0.2) is 4.98 Å². The number of methoxy groups -OCH3 is 1. The van der Waals surface area contributed by atoms with Crippen molar-refractivity contribution >= 4 is 23.5 Å². The van der Waals surface area contributed by atoms with E-state index in [1.807, 2.05) is 0 Å². The van der Waals surface area contributed by atoms with E-state index in [4.69, 9.17) is 21.1 Å².